The number of carbonyl (C=O) groups excluding carboxylic acids is 1. The van der Waals surface area contributed by atoms with E-state index in [1.54, 1.807) is 6.07 Å². The Labute approximate surface area is 118 Å². The number of hydrogen-bond donors (Lipinski definition) is 3. The summed E-state index contributed by atoms with van der Waals surface area (Å²) in [5, 5.41) is 15.4. The van der Waals surface area contributed by atoms with Gasteiger partial charge in [0.1, 0.15) is 5.60 Å². The Bertz CT molecular complexity index is 436. The molecule has 1 aliphatic rings. The van der Waals surface area contributed by atoms with Gasteiger partial charge in [-0.25, -0.2) is 4.98 Å². The van der Waals surface area contributed by atoms with Gasteiger partial charge in [-0.15, -0.1) is 12.4 Å². The SMILES string of the molecule is COC1(C(=O)Nc2ncccc2O)CCNCC1.Cl. The molecular weight excluding hydrogens is 270 g/mol. The molecule has 0 unspecified atom stereocenters. The number of methoxy groups -OCH3 is 1. The zero-order valence-electron chi connectivity index (χ0n) is 10.7. The van der Waals surface area contributed by atoms with Crippen LogP contribution in [0.2, 0.25) is 0 Å². The fourth-order valence-corrected chi connectivity index (χ4v) is 2.07. The first-order valence-corrected chi connectivity index (χ1v) is 5.89. The number of nitrogens with one attached hydrogen (secondary N) is 2. The van der Waals surface area contributed by atoms with E-state index < -0.39 is 5.60 Å². The van der Waals surface area contributed by atoms with Gasteiger partial charge < -0.3 is 20.5 Å². The molecule has 1 aliphatic heterocycles. The number of aromatic hydroxyl groups is 1. The highest BCUT2D eigenvalue weighted by Gasteiger charge is 2.40. The predicted molar refractivity (Wildman–Crippen MR) is 73.6 cm³/mol. The maximum atomic E-state index is 12.3. The van der Waals surface area contributed by atoms with Crippen molar-refractivity contribution in [3.63, 3.8) is 0 Å². The number of amides is 1. The summed E-state index contributed by atoms with van der Waals surface area (Å²) >= 11 is 0. The Kier molecular flexibility index (Phi) is 5.53. The predicted octanol–water partition coefficient (Wildman–Crippen LogP) is 0.916. The van der Waals surface area contributed by atoms with E-state index in [1.807, 2.05) is 0 Å². The molecule has 7 heteroatoms. The van der Waals surface area contributed by atoms with Gasteiger partial charge in [-0.3, -0.25) is 4.79 Å². The lowest BCUT2D eigenvalue weighted by atomic mass is 9.91. The van der Waals surface area contributed by atoms with Crippen LogP contribution >= 0.6 is 12.4 Å². The van der Waals surface area contributed by atoms with Crippen LogP contribution in [0.1, 0.15) is 12.8 Å². The van der Waals surface area contributed by atoms with E-state index >= 15 is 0 Å². The summed E-state index contributed by atoms with van der Waals surface area (Å²) in [4.78, 5) is 16.2. The average Bonchev–Trinajstić information content (AvgIpc) is 2.42. The molecule has 0 atom stereocenters. The Morgan fingerprint density at radius 2 is 2.21 bits per heavy atom. The molecule has 6 nitrogen and oxygen atoms in total. The molecule has 0 radical (unpaired) electrons. The van der Waals surface area contributed by atoms with Gasteiger partial charge in [-0.05, 0) is 38.1 Å². The lowest BCUT2D eigenvalue weighted by molar-refractivity contribution is -0.140. The molecule has 3 N–H and O–H groups in total. The van der Waals surface area contributed by atoms with E-state index in [0.29, 0.717) is 12.8 Å². The molecule has 106 valence electrons. The number of nitrogens with zero attached hydrogens (tertiary/aromatic N) is 1. The first kappa shape index (κ1) is 15.7. The average molecular weight is 288 g/mol. The summed E-state index contributed by atoms with van der Waals surface area (Å²) in [5.74, 6) is -0.149. The van der Waals surface area contributed by atoms with E-state index in [9.17, 15) is 9.90 Å². The maximum Gasteiger partial charge on any atom is 0.257 e. The molecule has 1 aromatic rings. The first-order chi connectivity index (χ1) is 8.68. The number of anilines is 1. The second-order valence-electron chi connectivity index (χ2n) is 4.27. The van der Waals surface area contributed by atoms with Crippen LogP contribution in [0, 0.1) is 0 Å². The quantitative estimate of drug-likeness (QED) is 0.770. The molecule has 1 saturated heterocycles. The first-order valence-electron chi connectivity index (χ1n) is 5.89. The normalized spacial score (nSPS) is 17.3. The van der Waals surface area contributed by atoms with Crippen LogP contribution < -0.4 is 10.6 Å². The Balaban J connectivity index is 0.00000180. The second-order valence-corrected chi connectivity index (χ2v) is 4.27. The highest BCUT2D eigenvalue weighted by molar-refractivity contribution is 5.97. The third-order valence-corrected chi connectivity index (χ3v) is 3.23. The van der Waals surface area contributed by atoms with Crippen LogP contribution in [0.5, 0.6) is 5.75 Å². The molecule has 1 fully saturated rings. The lowest BCUT2D eigenvalue weighted by Crippen LogP contribution is -2.51. The molecule has 19 heavy (non-hydrogen) atoms. The number of ether oxygens (including phenoxy) is 1. The number of aromatic nitrogens is 1. The maximum absolute atomic E-state index is 12.3. The topological polar surface area (TPSA) is 83.5 Å². The minimum Gasteiger partial charge on any atom is -0.504 e. The minimum absolute atomic E-state index is 0. The monoisotopic (exact) mass is 287 g/mol. The highest BCUT2D eigenvalue weighted by atomic mass is 35.5. The summed E-state index contributed by atoms with van der Waals surface area (Å²) in [6, 6.07) is 3.08. The van der Waals surface area contributed by atoms with Crippen molar-refractivity contribution in [2.45, 2.75) is 18.4 Å². The van der Waals surface area contributed by atoms with E-state index in [0.717, 1.165) is 13.1 Å². The summed E-state index contributed by atoms with van der Waals surface area (Å²) < 4.78 is 5.39. The Morgan fingerprint density at radius 3 is 2.79 bits per heavy atom. The smallest absolute Gasteiger partial charge is 0.257 e. The van der Waals surface area contributed by atoms with Crippen LogP contribution in [0.15, 0.2) is 18.3 Å². The molecule has 0 bridgehead atoms. The largest absolute Gasteiger partial charge is 0.504 e. The van der Waals surface area contributed by atoms with Gasteiger partial charge in [-0.2, -0.15) is 0 Å². The molecule has 2 heterocycles. The van der Waals surface area contributed by atoms with Gasteiger partial charge in [0.25, 0.3) is 5.91 Å². The third kappa shape index (κ3) is 3.34. The Morgan fingerprint density at radius 1 is 1.53 bits per heavy atom. The summed E-state index contributed by atoms with van der Waals surface area (Å²) in [6.07, 6.45) is 2.71. The Hall–Kier alpha value is -1.37. The highest BCUT2D eigenvalue weighted by Crippen LogP contribution is 2.26. The van der Waals surface area contributed by atoms with Crippen molar-refractivity contribution >= 4 is 24.1 Å². The molecular formula is C12H18ClN3O3. The zero-order valence-corrected chi connectivity index (χ0v) is 11.5. The molecule has 0 saturated carbocycles. The minimum atomic E-state index is -0.838. The van der Waals surface area contributed by atoms with Crippen LogP contribution in [0.25, 0.3) is 0 Å². The number of pyridine rings is 1. The standard InChI is InChI=1S/C12H17N3O3.ClH/c1-18-12(4-7-13-8-5-12)11(17)15-10-9(16)3-2-6-14-10;/h2-3,6,13,16H,4-5,7-8H2,1H3,(H,14,15,17);1H. The van der Waals surface area contributed by atoms with E-state index in [2.05, 4.69) is 15.6 Å². The zero-order chi connectivity index (χ0) is 13.0. The molecule has 0 aromatic carbocycles. The van der Waals surface area contributed by atoms with Gasteiger partial charge in [0, 0.05) is 13.3 Å². The molecule has 0 spiro atoms. The van der Waals surface area contributed by atoms with Crippen molar-refractivity contribution < 1.29 is 14.6 Å². The third-order valence-electron chi connectivity index (χ3n) is 3.23. The summed E-state index contributed by atoms with van der Waals surface area (Å²) in [6.45, 7) is 1.46. The van der Waals surface area contributed by atoms with Crippen LogP contribution in [0.4, 0.5) is 5.82 Å². The van der Waals surface area contributed by atoms with E-state index in [-0.39, 0.29) is 29.9 Å². The fourth-order valence-electron chi connectivity index (χ4n) is 2.07. The van der Waals surface area contributed by atoms with Gasteiger partial charge in [0.05, 0.1) is 0 Å². The molecule has 0 aliphatic carbocycles. The number of hydrogen-bond acceptors (Lipinski definition) is 5. The van der Waals surface area contributed by atoms with Gasteiger partial charge in [-0.1, -0.05) is 0 Å². The lowest BCUT2D eigenvalue weighted by Gasteiger charge is -2.34. The summed E-state index contributed by atoms with van der Waals surface area (Å²) in [7, 11) is 1.53. The van der Waals surface area contributed by atoms with Crippen LogP contribution in [0.3, 0.4) is 0 Å². The van der Waals surface area contributed by atoms with Crippen LogP contribution in [-0.4, -0.2) is 41.8 Å². The van der Waals surface area contributed by atoms with E-state index in [1.165, 1.54) is 19.4 Å². The van der Waals surface area contributed by atoms with Gasteiger partial charge in [0.15, 0.2) is 11.6 Å². The van der Waals surface area contributed by atoms with Crippen molar-refractivity contribution in [3.05, 3.63) is 18.3 Å². The number of piperidine rings is 1. The number of carbonyl (C=O) groups is 1. The van der Waals surface area contributed by atoms with E-state index in [4.69, 9.17) is 4.74 Å². The van der Waals surface area contributed by atoms with Crippen molar-refractivity contribution in [2.24, 2.45) is 0 Å². The fraction of sp³-hybridized carbons (Fsp3) is 0.500. The van der Waals surface area contributed by atoms with Crippen molar-refractivity contribution in [1.29, 1.82) is 0 Å². The number of rotatable bonds is 3. The molecule has 2 rings (SSSR count). The van der Waals surface area contributed by atoms with Crippen LogP contribution in [-0.2, 0) is 9.53 Å². The summed E-state index contributed by atoms with van der Waals surface area (Å²) in [5.41, 5.74) is -0.838. The second kappa shape index (κ2) is 6.70. The van der Waals surface area contributed by atoms with Gasteiger partial charge in [0.2, 0.25) is 0 Å². The van der Waals surface area contributed by atoms with Gasteiger partial charge >= 0.3 is 0 Å². The molecule has 1 aromatic heterocycles. The number of halogens is 1. The van der Waals surface area contributed by atoms with Crippen molar-refractivity contribution in [2.75, 3.05) is 25.5 Å². The van der Waals surface area contributed by atoms with Crippen molar-refractivity contribution in [3.8, 4) is 5.75 Å². The molecule has 1 amide bonds. The van der Waals surface area contributed by atoms with Crippen molar-refractivity contribution in [1.82, 2.24) is 10.3 Å².